The fraction of sp³-hybridized carbons (Fsp3) is 0.200. The van der Waals surface area contributed by atoms with E-state index in [9.17, 15) is 14.0 Å². The molecular weight excluding hydrogens is 430 g/mol. The van der Waals surface area contributed by atoms with Crippen molar-refractivity contribution in [1.82, 2.24) is 0 Å². The summed E-state index contributed by atoms with van der Waals surface area (Å²) in [5.41, 5.74) is 0.600. The van der Waals surface area contributed by atoms with Gasteiger partial charge >= 0.3 is 0 Å². The molecule has 166 valence electrons. The van der Waals surface area contributed by atoms with Gasteiger partial charge in [-0.25, -0.2) is 8.78 Å². The number of carbonyl (C=O) groups excluding carboxylic acids is 2. The third-order valence-electron chi connectivity index (χ3n) is 6.46. The van der Waals surface area contributed by atoms with Gasteiger partial charge in [0.2, 0.25) is 11.8 Å². The second-order valence-electron chi connectivity index (χ2n) is 8.30. The highest BCUT2D eigenvalue weighted by Crippen LogP contribution is 2.54. The number of fused-ring (bicyclic) bond motifs is 5. The molecule has 0 fully saturated rings. The number of hydrogen-bond donors (Lipinski definition) is 1. The highest BCUT2D eigenvalue weighted by molar-refractivity contribution is 6.14. The first kappa shape index (κ1) is 19.7. The zero-order chi connectivity index (χ0) is 22.7. The van der Waals surface area contributed by atoms with Crippen LogP contribution < -0.4 is 19.7 Å². The number of carbonyl (C=O) groups is 2. The van der Waals surface area contributed by atoms with Gasteiger partial charge in [-0.3, -0.25) is 9.59 Å². The molecule has 6 rings (SSSR count). The third-order valence-corrected chi connectivity index (χ3v) is 6.46. The summed E-state index contributed by atoms with van der Waals surface area (Å²) in [5.74, 6) is -1.02. The highest BCUT2D eigenvalue weighted by Gasteiger charge is 2.59. The Bertz CT molecular complexity index is 1340. The largest absolute Gasteiger partial charge is 0.493 e. The van der Waals surface area contributed by atoms with Crippen molar-refractivity contribution in [2.24, 2.45) is 0 Å². The van der Waals surface area contributed by atoms with Crippen molar-refractivity contribution in [2.45, 2.75) is 11.8 Å². The predicted octanol–water partition coefficient (Wildman–Crippen LogP) is 3.56. The minimum absolute atomic E-state index is 0.00781. The lowest BCUT2D eigenvalue weighted by Crippen LogP contribution is -2.45. The van der Waals surface area contributed by atoms with E-state index in [-0.39, 0.29) is 17.9 Å². The van der Waals surface area contributed by atoms with Gasteiger partial charge in [0.15, 0.2) is 0 Å². The first-order valence-electron chi connectivity index (χ1n) is 10.6. The first-order chi connectivity index (χ1) is 16.0. The van der Waals surface area contributed by atoms with Gasteiger partial charge in [0, 0.05) is 23.6 Å². The molecule has 33 heavy (non-hydrogen) atoms. The molecule has 1 N–H and O–H groups in total. The Hall–Kier alpha value is -3.94. The van der Waals surface area contributed by atoms with Crippen molar-refractivity contribution < 1.29 is 27.8 Å². The Kier molecular flexibility index (Phi) is 4.20. The molecule has 3 aliphatic heterocycles. The maximum Gasteiger partial charge on any atom is 0.246 e. The van der Waals surface area contributed by atoms with Crippen molar-refractivity contribution in [3.8, 4) is 11.5 Å². The van der Waals surface area contributed by atoms with Crippen LogP contribution in [0, 0.1) is 11.6 Å². The van der Waals surface area contributed by atoms with E-state index in [2.05, 4.69) is 5.32 Å². The monoisotopic (exact) mass is 448 g/mol. The van der Waals surface area contributed by atoms with Gasteiger partial charge in [-0.2, -0.15) is 0 Å². The molecule has 1 atom stereocenters. The van der Waals surface area contributed by atoms with Crippen LogP contribution in [0.2, 0.25) is 0 Å². The molecule has 3 heterocycles. The second kappa shape index (κ2) is 7.03. The molecule has 0 bridgehead atoms. The molecule has 0 aromatic heterocycles. The van der Waals surface area contributed by atoms with Crippen molar-refractivity contribution in [3.05, 3.63) is 82.9 Å². The lowest BCUT2D eigenvalue weighted by Gasteiger charge is -2.23. The summed E-state index contributed by atoms with van der Waals surface area (Å²) in [4.78, 5) is 27.8. The Morgan fingerprint density at radius 1 is 1.03 bits per heavy atom. The minimum Gasteiger partial charge on any atom is -0.493 e. The third kappa shape index (κ3) is 2.76. The number of anilines is 2. The molecule has 0 saturated carbocycles. The molecule has 3 aliphatic rings. The number of halogens is 2. The van der Waals surface area contributed by atoms with E-state index in [0.29, 0.717) is 35.8 Å². The molecule has 0 radical (unpaired) electrons. The van der Waals surface area contributed by atoms with E-state index < -0.39 is 35.4 Å². The summed E-state index contributed by atoms with van der Waals surface area (Å²) in [5, 5.41) is 2.49. The molecule has 1 unspecified atom stereocenters. The fourth-order valence-corrected chi connectivity index (χ4v) is 4.97. The summed E-state index contributed by atoms with van der Waals surface area (Å²) in [6.07, 6.45) is 0.686. The number of nitrogens with one attached hydrogen (secondary N) is 1. The number of nitrogens with zero attached hydrogens (tertiary/aromatic N) is 1. The predicted molar refractivity (Wildman–Crippen MR) is 116 cm³/mol. The molecule has 0 saturated heterocycles. The Balaban J connectivity index is 1.41. The topological polar surface area (TPSA) is 67.9 Å². The van der Waals surface area contributed by atoms with E-state index in [1.807, 2.05) is 6.07 Å². The normalized spacial score (nSPS) is 19.7. The van der Waals surface area contributed by atoms with E-state index in [1.54, 1.807) is 18.2 Å². The Morgan fingerprint density at radius 3 is 2.70 bits per heavy atom. The van der Waals surface area contributed by atoms with Crippen LogP contribution in [0.25, 0.3) is 0 Å². The standard InChI is InChI=1S/C25H18F2N2O4/c26-16-4-1-2-6-18(16)28-22(30)12-29-19-7-3-5-17(27)23(19)25(24(29)31)13-33-21-11-20-14(8-9-32-20)10-15(21)25/h1-7,10-11H,8-9,12-13H2,(H,28,30). The van der Waals surface area contributed by atoms with Crippen molar-refractivity contribution >= 4 is 23.2 Å². The lowest BCUT2D eigenvalue weighted by atomic mass is 9.76. The SMILES string of the molecule is O=C(CN1C(=O)C2(COc3cc4c(cc32)CCO4)c2c(F)cccc21)Nc1ccccc1F. The first-order valence-corrected chi connectivity index (χ1v) is 10.6. The summed E-state index contributed by atoms with van der Waals surface area (Å²) >= 11 is 0. The van der Waals surface area contributed by atoms with Crippen molar-refractivity contribution in [1.29, 1.82) is 0 Å². The number of amides is 2. The van der Waals surface area contributed by atoms with E-state index in [4.69, 9.17) is 9.47 Å². The molecule has 2 amide bonds. The van der Waals surface area contributed by atoms with Gasteiger partial charge in [0.1, 0.15) is 41.7 Å². The van der Waals surface area contributed by atoms with Gasteiger partial charge in [0.05, 0.1) is 18.0 Å². The molecule has 1 spiro atoms. The van der Waals surface area contributed by atoms with Crippen LogP contribution in [-0.2, 0) is 21.4 Å². The van der Waals surface area contributed by atoms with Crippen LogP contribution in [0.4, 0.5) is 20.2 Å². The quantitative estimate of drug-likeness (QED) is 0.666. The van der Waals surface area contributed by atoms with Crippen molar-refractivity contribution in [2.75, 3.05) is 30.0 Å². The molecule has 6 nitrogen and oxygen atoms in total. The van der Waals surface area contributed by atoms with Gasteiger partial charge in [0.25, 0.3) is 0 Å². The number of rotatable bonds is 3. The summed E-state index contributed by atoms with van der Waals surface area (Å²) in [6, 6.07) is 13.8. The van der Waals surface area contributed by atoms with Crippen LogP contribution >= 0.6 is 0 Å². The second-order valence-corrected chi connectivity index (χ2v) is 8.30. The summed E-state index contributed by atoms with van der Waals surface area (Å²) in [7, 11) is 0. The molecule has 3 aromatic rings. The van der Waals surface area contributed by atoms with Crippen LogP contribution in [0.1, 0.15) is 16.7 Å². The van der Waals surface area contributed by atoms with Crippen LogP contribution in [0.3, 0.4) is 0 Å². The van der Waals surface area contributed by atoms with Crippen LogP contribution in [0.15, 0.2) is 54.6 Å². The fourth-order valence-electron chi connectivity index (χ4n) is 4.97. The van der Waals surface area contributed by atoms with Crippen LogP contribution in [0.5, 0.6) is 11.5 Å². The van der Waals surface area contributed by atoms with E-state index in [0.717, 1.165) is 5.56 Å². The molecule has 0 aliphatic carbocycles. The maximum absolute atomic E-state index is 15.2. The van der Waals surface area contributed by atoms with Crippen molar-refractivity contribution in [3.63, 3.8) is 0 Å². The minimum atomic E-state index is -1.40. The average Bonchev–Trinajstić information content (AvgIpc) is 3.47. The Morgan fingerprint density at radius 2 is 1.85 bits per heavy atom. The number of ether oxygens (including phenoxy) is 2. The smallest absolute Gasteiger partial charge is 0.246 e. The Labute approximate surface area is 187 Å². The molecule has 8 heteroatoms. The average molecular weight is 448 g/mol. The van der Waals surface area contributed by atoms with E-state index >= 15 is 4.39 Å². The highest BCUT2D eigenvalue weighted by atomic mass is 19.1. The number of benzene rings is 3. The van der Waals surface area contributed by atoms with Gasteiger partial charge < -0.3 is 19.7 Å². The summed E-state index contributed by atoms with van der Waals surface area (Å²) in [6.45, 7) is 0.0602. The summed E-state index contributed by atoms with van der Waals surface area (Å²) < 4.78 is 40.7. The van der Waals surface area contributed by atoms with Gasteiger partial charge in [-0.1, -0.05) is 18.2 Å². The number of hydrogen-bond acceptors (Lipinski definition) is 4. The van der Waals surface area contributed by atoms with Gasteiger partial charge in [-0.15, -0.1) is 0 Å². The lowest BCUT2D eigenvalue weighted by molar-refractivity contribution is -0.124. The zero-order valence-corrected chi connectivity index (χ0v) is 17.4. The molecule has 3 aromatic carbocycles. The number of para-hydroxylation sites is 1. The zero-order valence-electron chi connectivity index (χ0n) is 17.4. The van der Waals surface area contributed by atoms with Crippen LogP contribution in [-0.4, -0.2) is 31.6 Å². The molecular formula is C25H18F2N2O4. The van der Waals surface area contributed by atoms with Gasteiger partial charge in [-0.05, 0) is 35.9 Å². The maximum atomic E-state index is 15.2. The van der Waals surface area contributed by atoms with E-state index in [1.165, 1.54) is 35.2 Å².